The molecule has 1 aromatic carbocycles. The van der Waals surface area contributed by atoms with E-state index in [-0.39, 0.29) is 17.9 Å². The molecule has 0 bridgehead atoms. The Hall–Kier alpha value is -1.63. The molecule has 1 N–H and O–H groups in total. The number of amides is 2. The lowest BCUT2D eigenvalue weighted by atomic mass is 10.2. The van der Waals surface area contributed by atoms with E-state index < -0.39 is 0 Å². The average molecular weight is 352 g/mol. The smallest absolute Gasteiger partial charge is 0.253 e. The number of nitrogens with zero attached hydrogens (tertiary/aromatic N) is 2. The van der Waals surface area contributed by atoms with Crippen LogP contribution in [0.5, 0.6) is 0 Å². The molecule has 7 heteroatoms. The van der Waals surface area contributed by atoms with E-state index in [1.165, 1.54) is 0 Å². The highest BCUT2D eigenvalue weighted by Crippen LogP contribution is 2.14. The van der Waals surface area contributed by atoms with Gasteiger partial charge in [0, 0.05) is 43.3 Å². The maximum atomic E-state index is 12.6. The van der Waals surface area contributed by atoms with Gasteiger partial charge in [0.25, 0.3) is 5.91 Å². The molecule has 6 nitrogen and oxygen atoms in total. The van der Waals surface area contributed by atoms with Crippen LogP contribution in [0, 0.1) is 0 Å². The quantitative estimate of drug-likeness (QED) is 0.863. The van der Waals surface area contributed by atoms with Gasteiger partial charge in [0.1, 0.15) is 6.04 Å². The molecule has 0 aliphatic carbocycles. The molecule has 0 radical (unpaired) electrons. The van der Waals surface area contributed by atoms with E-state index >= 15 is 0 Å². The molecule has 3 rings (SSSR count). The summed E-state index contributed by atoms with van der Waals surface area (Å²) in [5.74, 6) is 0.0515. The highest BCUT2D eigenvalue weighted by Gasteiger charge is 2.28. The molecule has 0 spiro atoms. The third-order valence-corrected chi connectivity index (χ3v) is 4.66. The van der Waals surface area contributed by atoms with Crippen molar-refractivity contribution in [1.29, 1.82) is 0 Å². The molecule has 130 valence electrons. The zero-order chi connectivity index (χ0) is 16.9. The summed E-state index contributed by atoms with van der Waals surface area (Å²) in [6, 6.07) is 6.65. The molecular formula is C17H22ClN3O3. The van der Waals surface area contributed by atoms with Crippen LogP contribution in [0.15, 0.2) is 24.3 Å². The van der Waals surface area contributed by atoms with Crippen molar-refractivity contribution in [1.82, 2.24) is 15.1 Å². The van der Waals surface area contributed by atoms with Crippen molar-refractivity contribution < 1.29 is 14.3 Å². The first-order valence-corrected chi connectivity index (χ1v) is 8.68. The van der Waals surface area contributed by atoms with E-state index in [2.05, 4.69) is 5.32 Å². The van der Waals surface area contributed by atoms with E-state index in [0.29, 0.717) is 56.5 Å². The van der Waals surface area contributed by atoms with Crippen LogP contribution >= 0.6 is 11.6 Å². The first kappa shape index (κ1) is 17.2. The Bertz CT molecular complexity index is 587. The van der Waals surface area contributed by atoms with Gasteiger partial charge in [0.15, 0.2) is 0 Å². The maximum absolute atomic E-state index is 12.6. The Kier molecular flexibility index (Phi) is 5.71. The Morgan fingerprint density at radius 3 is 2.50 bits per heavy atom. The molecule has 24 heavy (non-hydrogen) atoms. The van der Waals surface area contributed by atoms with E-state index in [9.17, 15) is 9.59 Å². The van der Waals surface area contributed by atoms with Crippen LogP contribution in [-0.4, -0.2) is 73.6 Å². The molecule has 0 aromatic heterocycles. The van der Waals surface area contributed by atoms with Gasteiger partial charge in [0.2, 0.25) is 5.91 Å². The highest BCUT2D eigenvalue weighted by atomic mass is 35.5. The fraction of sp³-hybridized carbons (Fsp3) is 0.529. The zero-order valence-electron chi connectivity index (χ0n) is 13.5. The van der Waals surface area contributed by atoms with Gasteiger partial charge < -0.3 is 19.9 Å². The first-order valence-electron chi connectivity index (χ1n) is 8.30. The Balaban J connectivity index is 1.59. The summed E-state index contributed by atoms with van der Waals surface area (Å²) in [6.07, 6.45) is 0.776. The van der Waals surface area contributed by atoms with Gasteiger partial charge in [-0.1, -0.05) is 11.6 Å². The fourth-order valence-corrected chi connectivity index (χ4v) is 3.19. The third-order valence-electron chi connectivity index (χ3n) is 4.41. The minimum Gasteiger partial charge on any atom is -0.378 e. The van der Waals surface area contributed by atoms with Gasteiger partial charge >= 0.3 is 0 Å². The topological polar surface area (TPSA) is 61.9 Å². The third kappa shape index (κ3) is 4.06. The van der Waals surface area contributed by atoms with Crippen LogP contribution in [-0.2, 0) is 9.53 Å². The van der Waals surface area contributed by atoms with Gasteiger partial charge in [-0.2, -0.15) is 0 Å². The summed E-state index contributed by atoms with van der Waals surface area (Å²) in [4.78, 5) is 28.8. The number of ether oxygens (including phenoxy) is 1. The van der Waals surface area contributed by atoms with E-state index in [0.717, 1.165) is 6.42 Å². The van der Waals surface area contributed by atoms with Crippen molar-refractivity contribution in [3.8, 4) is 0 Å². The molecule has 2 saturated heterocycles. The number of halogens is 1. The lowest BCUT2D eigenvalue weighted by Crippen LogP contribution is -2.53. The molecule has 1 unspecified atom stereocenters. The maximum Gasteiger partial charge on any atom is 0.253 e. The number of carbonyl (C=O) groups excluding carboxylic acids is 2. The number of benzene rings is 1. The highest BCUT2D eigenvalue weighted by molar-refractivity contribution is 6.30. The van der Waals surface area contributed by atoms with Crippen LogP contribution in [0.3, 0.4) is 0 Å². The summed E-state index contributed by atoms with van der Waals surface area (Å²) in [5.41, 5.74) is 0.626. The second-order valence-electron chi connectivity index (χ2n) is 6.06. The van der Waals surface area contributed by atoms with E-state index in [4.69, 9.17) is 16.3 Å². The van der Waals surface area contributed by atoms with Crippen LogP contribution in [0.1, 0.15) is 16.8 Å². The lowest BCUT2D eigenvalue weighted by molar-refractivity contribution is -0.136. The minimum atomic E-state index is -0.266. The molecule has 2 heterocycles. The number of nitrogens with one attached hydrogen (secondary N) is 1. The fourth-order valence-electron chi connectivity index (χ4n) is 3.06. The monoisotopic (exact) mass is 351 g/mol. The van der Waals surface area contributed by atoms with Crippen molar-refractivity contribution in [2.45, 2.75) is 12.5 Å². The second-order valence-corrected chi connectivity index (χ2v) is 6.50. The molecule has 2 aliphatic rings. The van der Waals surface area contributed by atoms with Crippen LogP contribution in [0.4, 0.5) is 0 Å². The minimum absolute atomic E-state index is 0.0138. The zero-order valence-corrected chi connectivity index (χ0v) is 14.3. The standard InChI is InChI=1S/C17H22ClN3O3/c18-14-4-2-13(3-5-14)16(22)20-7-1-8-21(10-9-20)17(23)15-12-24-11-6-19-15/h2-5,15,19H,1,6-12H2. The van der Waals surface area contributed by atoms with E-state index in [1.54, 1.807) is 29.2 Å². The summed E-state index contributed by atoms with van der Waals surface area (Å²) in [6.45, 7) is 4.18. The molecule has 2 amide bonds. The SMILES string of the molecule is O=C(c1ccc(Cl)cc1)N1CCCN(C(=O)C2COCCN2)CC1. The van der Waals surface area contributed by atoms with Gasteiger partial charge in [-0.15, -0.1) is 0 Å². The molecule has 0 saturated carbocycles. The first-order chi connectivity index (χ1) is 11.6. The van der Waals surface area contributed by atoms with Crippen molar-refractivity contribution in [3.63, 3.8) is 0 Å². The van der Waals surface area contributed by atoms with Gasteiger partial charge in [-0.05, 0) is 30.7 Å². The number of hydrogen-bond donors (Lipinski definition) is 1. The predicted octanol–water partition coefficient (Wildman–Crippen LogP) is 1.00. The Labute approximate surface area is 146 Å². The van der Waals surface area contributed by atoms with Crippen molar-refractivity contribution in [3.05, 3.63) is 34.9 Å². The number of morpholine rings is 1. The van der Waals surface area contributed by atoms with Crippen LogP contribution < -0.4 is 5.32 Å². The summed E-state index contributed by atoms with van der Waals surface area (Å²) >= 11 is 5.87. The number of carbonyl (C=O) groups is 2. The molecular weight excluding hydrogens is 330 g/mol. The summed E-state index contributed by atoms with van der Waals surface area (Å²) < 4.78 is 5.37. The molecule has 1 atom stereocenters. The Morgan fingerprint density at radius 2 is 1.79 bits per heavy atom. The van der Waals surface area contributed by atoms with Gasteiger partial charge in [-0.25, -0.2) is 0 Å². The Morgan fingerprint density at radius 1 is 1.08 bits per heavy atom. The number of rotatable bonds is 2. The largest absolute Gasteiger partial charge is 0.378 e. The predicted molar refractivity (Wildman–Crippen MR) is 91.2 cm³/mol. The van der Waals surface area contributed by atoms with Gasteiger partial charge in [0.05, 0.1) is 13.2 Å². The molecule has 2 fully saturated rings. The summed E-state index contributed by atoms with van der Waals surface area (Å²) in [7, 11) is 0. The summed E-state index contributed by atoms with van der Waals surface area (Å²) in [5, 5.41) is 3.80. The number of hydrogen-bond acceptors (Lipinski definition) is 4. The molecule has 2 aliphatic heterocycles. The lowest BCUT2D eigenvalue weighted by Gasteiger charge is -2.29. The van der Waals surface area contributed by atoms with Crippen LogP contribution in [0.25, 0.3) is 0 Å². The van der Waals surface area contributed by atoms with Crippen LogP contribution in [0.2, 0.25) is 5.02 Å². The van der Waals surface area contributed by atoms with E-state index in [1.807, 2.05) is 4.90 Å². The van der Waals surface area contributed by atoms with Crippen molar-refractivity contribution in [2.24, 2.45) is 0 Å². The second kappa shape index (κ2) is 7.96. The molecule has 1 aromatic rings. The van der Waals surface area contributed by atoms with Gasteiger partial charge in [-0.3, -0.25) is 9.59 Å². The average Bonchev–Trinajstić information content (AvgIpc) is 2.88. The normalized spacial score (nSPS) is 22.1. The van der Waals surface area contributed by atoms with Crippen molar-refractivity contribution >= 4 is 23.4 Å². The van der Waals surface area contributed by atoms with Crippen molar-refractivity contribution in [2.75, 3.05) is 45.9 Å².